The molecule has 4 heterocycles. The highest BCUT2D eigenvalue weighted by atomic mass is 16.4. The second-order valence-electron chi connectivity index (χ2n) is 7.69. The first kappa shape index (κ1) is 14.3. The first-order valence-corrected chi connectivity index (χ1v) is 8.58. The molecular weight excluding hydrogens is 282 g/mol. The van der Waals surface area contributed by atoms with Crippen molar-refractivity contribution in [3.63, 3.8) is 0 Å². The van der Waals surface area contributed by atoms with Gasteiger partial charge in [-0.1, -0.05) is 0 Å². The molecule has 6 nitrogen and oxygen atoms in total. The summed E-state index contributed by atoms with van der Waals surface area (Å²) < 4.78 is 0. The third-order valence-electron chi connectivity index (χ3n) is 6.50. The molecule has 0 radical (unpaired) electrons. The van der Waals surface area contributed by atoms with Gasteiger partial charge in [0.1, 0.15) is 0 Å². The monoisotopic (exact) mass is 307 g/mol. The highest BCUT2D eigenvalue weighted by molar-refractivity contribution is 5.79. The second-order valence-corrected chi connectivity index (χ2v) is 7.69. The molecule has 0 saturated carbocycles. The van der Waals surface area contributed by atoms with Crippen LogP contribution in [-0.4, -0.2) is 64.7 Å². The molecule has 4 fully saturated rings. The first-order valence-electron chi connectivity index (χ1n) is 8.58. The molecule has 6 heteroatoms. The second kappa shape index (κ2) is 5.11. The molecule has 4 aliphatic heterocycles. The van der Waals surface area contributed by atoms with Crippen LogP contribution in [0.15, 0.2) is 0 Å². The Hall–Kier alpha value is -1.30. The number of likely N-dealkylation sites (tertiary alicyclic amines) is 1. The van der Waals surface area contributed by atoms with Crippen LogP contribution in [0.25, 0.3) is 0 Å². The lowest BCUT2D eigenvalue weighted by Gasteiger charge is -2.46. The number of rotatable bonds is 1. The van der Waals surface area contributed by atoms with E-state index in [9.17, 15) is 14.7 Å². The molecule has 0 aromatic carbocycles. The summed E-state index contributed by atoms with van der Waals surface area (Å²) in [5.41, 5.74) is 0.203. The van der Waals surface area contributed by atoms with Crippen LogP contribution in [0.4, 0.5) is 4.79 Å². The summed E-state index contributed by atoms with van der Waals surface area (Å²) in [5, 5.41) is 12.3. The smallest absolute Gasteiger partial charge is 0.407 e. The minimum Gasteiger partial charge on any atom is -0.465 e. The van der Waals surface area contributed by atoms with Crippen molar-refractivity contribution in [2.24, 2.45) is 5.41 Å². The number of hydrogen-bond donors (Lipinski definition) is 2. The van der Waals surface area contributed by atoms with Gasteiger partial charge in [-0.2, -0.15) is 0 Å². The summed E-state index contributed by atoms with van der Waals surface area (Å²) in [7, 11) is 0. The van der Waals surface area contributed by atoms with Gasteiger partial charge in [0.15, 0.2) is 0 Å². The summed E-state index contributed by atoms with van der Waals surface area (Å²) in [6, 6.07) is 0.995. The normalized spacial score (nSPS) is 37.5. The number of amides is 2. The molecule has 4 saturated heterocycles. The Morgan fingerprint density at radius 1 is 1.14 bits per heavy atom. The largest absolute Gasteiger partial charge is 0.465 e. The number of carbonyl (C=O) groups is 2. The fraction of sp³-hybridized carbons (Fsp3) is 0.875. The molecule has 122 valence electrons. The Morgan fingerprint density at radius 3 is 2.27 bits per heavy atom. The maximum Gasteiger partial charge on any atom is 0.407 e. The number of piperidine rings is 2. The van der Waals surface area contributed by atoms with Gasteiger partial charge in [-0.25, -0.2) is 4.79 Å². The van der Waals surface area contributed by atoms with E-state index in [1.165, 1.54) is 0 Å². The van der Waals surface area contributed by atoms with Gasteiger partial charge < -0.3 is 20.2 Å². The highest BCUT2D eigenvalue weighted by Crippen LogP contribution is 2.42. The minimum atomic E-state index is -0.737. The van der Waals surface area contributed by atoms with Gasteiger partial charge in [0, 0.05) is 31.1 Å². The van der Waals surface area contributed by atoms with Crippen molar-refractivity contribution in [2.75, 3.05) is 19.6 Å². The molecule has 0 aliphatic carbocycles. The van der Waals surface area contributed by atoms with Crippen molar-refractivity contribution in [3.05, 3.63) is 0 Å². The van der Waals surface area contributed by atoms with Crippen LogP contribution in [0, 0.1) is 5.41 Å². The number of fused-ring (bicyclic) bond motifs is 2. The van der Waals surface area contributed by atoms with Crippen molar-refractivity contribution >= 4 is 12.0 Å². The molecule has 22 heavy (non-hydrogen) atoms. The van der Waals surface area contributed by atoms with Crippen molar-refractivity contribution in [1.29, 1.82) is 0 Å². The summed E-state index contributed by atoms with van der Waals surface area (Å²) >= 11 is 0. The summed E-state index contributed by atoms with van der Waals surface area (Å²) in [4.78, 5) is 27.2. The SMILES string of the molecule is O=C1CC2(CCN(C3CC4CCC(C3)N4C(=O)O)CC2)CN1. The number of hydrogen-bond acceptors (Lipinski definition) is 3. The Kier molecular flexibility index (Phi) is 3.33. The van der Waals surface area contributed by atoms with Crippen LogP contribution in [0.3, 0.4) is 0 Å². The van der Waals surface area contributed by atoms with Crippen molar-refractivity contribution in [2.45, 2.75) is 63.1 Å². The van der Waals surface area contributed by atoms with Crippen molar-refractivity contribution < 1.29 is 14.7 Å². The van der Waals surface area contributed by atoms with E-state index in [-0.39, 0.29) is 23.4 Å². The summed E-state index contributed by atoms with van der Waals surface area (Å²) in [6.07, 6.45) is 6.20. The topological polar surface area (TPSA) is 72.9 Å². The van der Waals surface area contributed by atoms with Gasteiger partial charge in [-0.15, -0.1) is 0 Å². The number of carbonyl (C=O) groups excluding carboxylic acids is 1. The van der Waals surface area contributed by atoms with Crippen LogP contribution in [0.5, 0.6) is 0 Å². The van der Waals surface area contributed by atoms with Gasteiger partial charge in [-0.3, -0.25) is 4.79 Å². The molecule has 2 atom stereocenters. The van der Waals surface area contributed by atoms with E-state index in [4.69, 9.17) is 0 Å². The molecule has 4 aliphatic rings. The molecule has 2 unspecified atom stereocenters. The zero-order chi connectivity index (χ0) is 15.3. The Labute approximate surface area is 130 Å². The Balaban J connectivity index is 1.37. The zero-order valence-electron chi connectivity index (χ0n) is 13.0. The van der Waals surface area contributed by atoms with Crippen LogP contribution >= 0.6 is 0 Å². The van der Waals surface area contributed by atoms with Gasteiger partial charge in [0.05, 0.1) is 0 Å². The van der Waals surface area contributed by atoms with E-state index >= 15 is 0 Å². The average molecular weight is 307 g/mol. The van der Waals surface area contributed by atoms with E-state index in [0.29, 0.717) is 12.5 Å². The lowest BCUT2D eigenvalue weighted by Crippen LogP contribution is -2.54. The first-order chi connectivity index (χ1) is 10.6. The fourth-order valence-corrected chi connectivity index (χ4v) is 5.23. The Bertz CT molecular complexity index is 473. The van der Waals surface area contributed by atoms with E-state index in [2.05, 4.69) is 10.2 Å². The van der Waals surface area contributed by atoms with E-state index in [0.717, 1.165) is 58.2 Å². The average Bonchev–Trinajstić information content (AvgIpc) is 2.98. The number of carboxylic acid groups (broad SMARTS) is 1. The maximum atomic E-state index is 11.5. The molecule has 4 rings (SSSR count). The van der Waals surface area contributed by atoms with Crippen LogP contribution in [0.1, 0.15) is 44.9 Å². The quantitative estimate of drug-likeness (QED) is 0.765. The molecular formula is C16H25N3O3. The number of nitrogens with zero attached hydrogens (tertiary/aromatic N) is 2. The molecule has 2 bridgehead atoms. The molecule has 2 amide bonds. The molecule has 0 aromatic heterocycles. The van der Waals surface area contributed by atoms with Crippen LogP contribution < -0.4 is 5.32 Å². The third-order valence-corrected chi connectivity index (χ3v) is 6.50. The summed E-state index contributed by atoms with van der Waals surface area (Å²) in [5.74, 6) is 0.210. The lowest BCUT2D eigenvalue weighted by molar-refractivity contribution is -0.119. The van der Waals surface area contributed by atoms with E-state index in [1.54, 1.807) is 4.90 Å². The molecule has 1 spiro atoms. The standard InChI is InChI=1S/C16H25N3O3/c20-14-9-16(10-17-14)3-5-18(6-4-16)13-7-11-1-2-12(8-13)19(11)15(21)22/h11-13H,1-10H2,(H,17,20)(H,21,22). The van der Waals surface area contributed by atoms with Gasteiger partial charge in [-0.05, 0) is 57.0 Å². The number of nitrogens with one attached hydrogen (secondary N) is 1. The van der Waals surface area contributed by atoms with Crippen LogP contribution in [-0.2, 0) is 4.79 Å². The fourth-order valence-electron chi connectivity index (χ4n) is 5.23. The van der Waals surface area contributed by atoms with E-state index in [1.807, 2.05) is 0 Å². The Morgan fingerprint density at radius 2 is 1.77 bits per heavy atom. The van der Waals surface area contributed by atoms with Gasteiger partial charge >= 0.3 is 6.09 Å². The van der Waals surface area contributed by atoms with E-state index < -0.39 is 6.09 Å². The van der Waals surface area contributed by atoms with Gasteiger partial charge in [0.25, 0.3) is 0 Å². The van der Waals surface area contributed by atoms with Crippen molar-refractivity contribution in [3.8, 4) is 0 Å². The van der Waals surface area contributed by atoms with Crippen molar-refractivity contribution in [1.82, 2.24) is 15.1 Å². The predicted octanol–water partition coefficient (Wildman–Crippen LogP) is 1.26. The molecule has 2 N–H and O–H groups in total. The van der Waals surface area contributed by atoms with Crippen LogP contribution in [0.2, 0.25) is 0 Å². The third kappa shape index (κ3) is 2.28. The minimum absolute atomic E-state index is 0.203. The van der Waals surface area contributed by atoms with Gasteiger partial charge in [0.2, 0.25) is 5.91 Å². The maximum absolute atomic E-state index is 11.5. The predicted molar refractivity (Wildman–Crippen MR) is 80.6 cm³/mol. The lowest BCUT2D eigenvalue weighted by atomic mass is 9.77. The highest BCUT2D eigenvalue weighted by Gasteiger charge is 2.47. The summed E-state index contributed by atoms with van der Waals surface area (Å²) in [6.45, 7) is 2.97. The molecule has 0 aromatic rings. The zero-order valence-corrected chi connectivity index (χ0v) is 13.0.